The summed E-state index contributed by atoms with van der Waals surface area (Å²) in [6, 6.07) is 6.24. The zero-order valence-electron chi connectivity index (χ0n) is 15.4. The van der Waals surface area contributed by atoms with Crippen molar-refractivity contribution >= 4 is 5.91 Å². The number of carbonyl (C=O) groups is 1. The van der Waals surface area contributed by atoms with Gasteiger partial charge in [0.1, 0.15) is 0 Å². The first-order chi connectivity index (χ1) is 13.1. The van der Waals surface area contributed by atoms with Gasteiger partial charge in [0, 0.05) is 35.9 Å². The first-order valence-electron chi connectivity index (χ1n) is 8.88. The maximum absolute atomic E-state index is 12.7. The largest absolute Gasteiger partial charge is 0.316 e. The number of hydrogen-bond acceptors (Lipinski definition) is 4. The van der Waals surface area contributed by atoms with E-state index in [9.17, 15) is 14.5 Å². The minimum atomic E-state index is -0.823. The fraction of sp³-hybridized carbons (Fsp3) is 0.300. The maximum Gasteiger partial charge on any atom is 0.316 e. The second-order valence-corrected chi connectivity index (χ2v) is 6.48. The predicted octanol–water partition coefficient (Wildman–Crippen LogP) is 2.95. The molecular formula is C20H22N4O3. The Balaban J connectivity index is 1.83. The minimum absolute atomic E-state index is 0.0723. The molecule has 0 saturated heterocycles. The third-order valence-electron chi connectivity index (χ3n) is 4.75. The number of hydrogen-bond donors (Lipinski definition) is 1. The smallest absolute Gasteiger partial charge is 0.293 e. The van der Waals surface area contributed by atoms with Crippen LogP contribution in [0.1, 0.15) is 35.5 Å². The molecule has 0 atom stereocenters. The van der Waals surface area contributed by atoms with Gasteiger partial charge in [0.2, 0.25) is 0 Å². The maximum atomic E-state index is 12.7. The Kier molecular flexibility index (Phi) is 5.61. The predicted molar refractivity (Wildman–Crippen MR) is 104 cm³/mol. The summed E-state index contributed by atoms with van der Waals surface area (Å²) in [5.74, 6) is -0.823. The van der Waals surface area contributed by atoms with Gasteiger partial charge in [0.25, 0.3) is 5.56 Å². The molecule has 1 N–H and O–H groups in total. The molecule has 1 aliphatic heterocycles. The topological polar surface area (TPSA) is 87.5 Å². The summed E-state index contributed by atoms with van der Waals surface area (Å²) in [4.78, 5) is 36.7. The van der Waals surface area contributed by atoms with Gasteiger partial charge < -0.3 is 0 Å². The number of amides is 1. The number of benzene rings is 1. The molecule has 0 saturated carbocycles. The van der Waals surface area contributed by atoms with E-state index in [0.29, 0.717) is 18.7 Å². The van der Waals surface area contributed by atoms with Crippen molar-refractivity contribution in [2.75, 3.05) is 13.1 Å². The van der Waals surface area contributed by atoms with Crippen molar-refractivity contribution in [1.29, 1.82) is 0 Å². The van der Waals surface area contributed by atoms with Crippen LogP contribution in [0.4, 0.5) is 0 Å². The van der Waals surface area contributed by atoms with Crippen molar-refractivity contribution in [2.45, 2.75) is 26.8 Å². The number of nitroso groups, excluding NO2 is 1. The van der Waals surface area contributed by atoms with Gasteiger partial charge in [-0.1, -0.05) is 18.2 Å². The first-order valence-corrected chi connectivity index (χ1v) is 8.88. The van der Waals surface area contributed by atoms with Gasteiger partial charge >= 0.3 is 5.91 Å². The molecule has 3 rings (SSSR count). The summed E-state index contributed by atoms with van der Waals surface area (Å²) in [5.41, 5.74) is 3.70. The first kappa shape index (κ1) is 18.7. The molecule has 0 bridgehead atoms. The second-order valence-electron chi connectivity index (χ2n) is 6.48. The van der Waals surface area contributed by atoms with Gasteiger partial charge in [0.05, 0.1) is 11.4 Å². The van der Waals surface area contributed by atoms with Crippen LogP contribution in [-0.4, -0.2) is 33.7 Å². The van der Waals surface area contributed by atoms with Gasteiger partial charge in [0.15, 0.2) is 0 Å². The third-order valence-corrected chi connectivity index (χ3v) is 4.75. The molecular weight excluding hydrogens is 344 g/mol. The molecule has 140 valence electrons. The Morgan fingerprint density at radius 1 is 1.26 bits per heavy atom. The molecule has 7 heteroatoms. The van der Waals surface area contributed by atoms with E-state index in [1.54, 1.807) is 12.1 Å². The van der Waals surface area contributed by atoms with Gasteiger partial charge in [-0.2, -0.15) is 0 Å². The molecule has 2 aromatic rings. The van der Waals surface area contributed by atoms with Crippen molar-refractivity contribution in [3.05, 3.63) is 80.1 Å². The highest BCUT2D eigenvalue weighted by Crippen LogP contribution is 2.18. The number of aromatic amines is 1. The lowest BCUT2D eigenvalue weighted by Crippen LogP contribution is -2.33. The number of aromatic nitrogens is 2. The van der Waals surface area contributed by atoms with Crippen LogP contribution in [0.25, 0.3) is 5.69 Å². The Morgan fingerprint density at radius 2 is 2.00 bits per heavy atom. The van der Waals surface area contributed by atoms with Crippen molar-refractivity contribution in [3.8, 4) is 5.69 Å². The van der Waals surface area contributed by atoms with Crippen LogP contribution in [0.15, 0.2) is 58.0 Å². The molecule has 2 heterocycles. The summed E-state index contributed by atoms with van der Waals surface area (Å²) in [6.45, 7) is 6.37. The Morgan fingerprint density at radius 3 is 2.63 bits per heavy atom. The molecule has 1 aromatic carbocycles. The SMILES string of the molecule is C/C=C\C(=C/C)CN1CCc2c([nH]n(-c3ccc(C(=O)N=O)cc3)c2=O)C1. The highest BCUT2D eigenvalue weighted by molar-refractivity contribution is 5.94. The van der Waals surface area contributed by atoms with E-state index in [4.69, 9.17) is 0 Å². The Bertz CT molecular complexity index is 964. The number of H-pyrrole nitrogens is 1. The van der Waals surface area contributed by atoms with E-state index < -0.39 is 5.91 Å². The lowest BCUT2D eigenvalue weighted by molar-refractivity contribution is 0.100. The van der Waals surface area contributed by atoms with Crippen LogP contribution >= 0.6 is 0 Å². The molecule has 0 radical (unpaired) electrons. The monoisotopic (exact) mass is 366 g/mol. The van der Waals surface area contributed by atoms with Crippen molar-refractivity contribution in [1.82, 2.24) is 14.7 Å². The minimum Gasteiger partial charge on any atom is -0.293 e. The third kappa shape index (κ3) is 3.88. The van der Waals surface area contributed by atoms with Crippen LogP contribution in [0, 0.1) is 4.91 Å². The summed E-state index contributed by atoms with van der Waals surface area (Å²) in [6.07, 6.45) is 6.91. The Hall–Kier alpha value is -3.06. The van der Waals surface area contributed by atoms with Crippen LogP contribution in [-0.2, 0) is 13.0 Å². The lowest BCUT2D eigenvalue weighted by atomic mass is 10.1. The number of fused-ring (bicyclic) bond motifs is 1. The van der Waals surface area contributed by atoms with E-state index in [2.05, 4.69) is 27.3 Å². The number of carbonyl (C=O) groups excluding carboxylic acids is 1. The number of nitrogens with one attached hydrogen (secondary N) is 1. The normalized spacial score (nSPS) is 15.1. The number of nitrogens with zero attached hydrogens (tertiary/aromatic N) is 3. The summed E-state index contributed by atoms with van der Waals surface area (Å²) in [7, 11) is 0. The summed E-state index contributed by atoms with van der Waals surface area (Å²) in [5, 5.41) is 5.59. The Labute approximate surface area is 157 Å². The second kappa shape index (κ2) is 8.09. The molecule has 0 aliphatic carbocycles. The lowest BCUT2D eigenvalue weighted by Gasteiger charge is -2.26. The fourth-order valence-electron chi connectivity index (χ4n) is 3.31. The average molecular weight is 366 g/mol. The molecule has 0 spiro atoms. The van der Waals surface area contributed by atoms with E-state index >= 15 is 0 Å². The van der Waals surface area contributed by atoms with Crippen LogP contribution < -0.4 is 5.56 Å². The van der Waals surface area contributed by atoms with Crippen LogP contribution in [0.3, 0.4) is 0 Å². The molecule has 1 amide bonds. The van der Waals surface area contributed by atoms with Gasteiger partial charge in [-0.15, -0.1) is 4.91 Å². The molecule has 0 fully saturated rings. The molecule has 1 aliphatic rings. The summed E-state index contributed by atoms with van der Waals surface area (Å²) < 4.78 is 1.49. The quantitative estimate of drug-likeness (QED) is 0.651. The van der Waals surface area contributed by atoms with Crippen molar-refractivity contribution in [3.63, 3.8) is 0 Å². The molecule has 7 nitrogen and oxygen atoms in total. The zero-order chi connectivity index (χ0) is 19.4. The fourth-order valence-corrected chi connectivity index (χ4v) is 3.31. The van der Waals surface area contributed by atoms with Gasteiger partial charge in [-0.05, 0) is 50.1 Å². The highest BCUT2D eigenvalue weighted by atomic mass is 16.3. The van der Waals surface area contributed by atoms with Gasteiger partial charge in [-0.3, -0.25) is 19.6 Å². The molecule has 27 heavy (non-hydrogen) atoms. The van der Waals surface area contributed by atoms with E-state index in [1.807, 2.05) is 19.9 Å². The standard InChI is InChI=1S/C20H22N4O3/c1-3-5-14(4-2)12-23-11-10-17-18(13-23)21-24(20(17)26)16-8-6-15(7-9-16)19(25)22-27/h3-9,21H,10-13H2,1-2H3/b5-3-,14-4+. The van der Waals surface area contributed by atoms with Gasteiger partial charge in [-0.25, -0.2) is 4.68 Å². The number of allylic oxidation sites excluding steroid dienone is 2. The van der Waals surface area contributed by atoms with Crippen molar-refractivity contribution in [2.24, 2.45) is 5.18 Å². The summed E-state index contributed by atoms with van der Waals surface area (Å²) >= 11 is 0. The van der Waals surface area contributed by atoms with E-state index in [0.717, 1.165) is 24.3 Å². The van der Waals surface area contributed by atoms with E-state index in [1.165, 1.54) is 22.4 Å². The van der Waals surface area contributed by atoms with Crippen LogP contribution in [0.5, 0.6) is 0 Å². The van der Waals surface area contributed by atoms with Crippen LogP contribution in [0.2, 0.25) is 0 Å². The highest BCUT2D eigenvalue weighted by Gasteiger charge is 2.23. The average Bonchev–Trinajstić information content (AvgIpc) is 3.03. The zero-order valence-corrected chi connectivity index (χ0v) is 15.4. The number of rotatable bonds is 5. The molecule has 0 unspecified atom stereocenters. The van der Waals surface area contributed by atoms with Crippen molar-refractivity contribution < 1.29 is 4.79 Å². The molecule has 1 aromatic heterocycles. The van der Waals surface area contributed by atoms with E-state index in [-0.39, 0.29) is 11.1 Å².